The van der Waals surface area contributed by atoms with Crippen LogP contribution in [-0.4, -0.2) is 18.4 Å². The molecule has 0 aliphatic heterocycles. The van der Waals surface area contributed by atoms with Crippen molar-refractivity contribution in [3.63, 3.8) is 0 Å². The van der Waals surface area contributed by atoms with Crippen molar-refractivity contribution >= 4 is 23.2 Å². The smallest absolute Gasteiger partial charge is 0.279 e. The van der Waals surface area contributed by atoms with E-state index in [9.17, 15) is 9.59 Å². The van der Waals surface area contributed by atoms with Gasteiger partial charge in [-0.25, -0.2) is 0 Å². The lowest BCUT2D eigenvalue weighted by Gasteiger charge is -2.12. The zero-order chi connectivity index (χ0) is 19.9. The molecular formula is C22H22N2O3S. The van der Waals surface area contributed by atoms with E-state index in [-0.39, 0.29) is 12.5 Å². The summed E-state index contributed by atoms with van der Waals surface area (Å²) in [6, 6.07) is 19.2. The summed E-state index contributed by atoms with van der Waals surface area (Å²) in [5.41, 5.74) is 7.84. The van der Waals surface area contributed by atoms with Crippen molar-refractivity contribution in [3.8, 4) is 16.9 Å². The van der Waals surface area contributed by atoms with E-state index in [0.29, 0.717) is 10.6 Å². The van der Waals surface area contributed by atoms with Crippen molar-refractivity contribution < 1.29 is 14.3 Å². The van der Waals surface area contributed by atoms with Crippen LogP contribution in [0.4, 0.5) is 0 Å². The Hall–Kier alpha value is -3.12. The molecule has 0 unspecified atom stereocenters. The zero-order valence-corrected chi connectivity index (χ0v) is 16.6. The molecule has 1 aromatic heterocycles. The van der Waals surface area contributed by atoms with Crippen LogP contribution in [0.1, 0.15) is 27.0 Å². The maximum Gasteiger partial charge on any atom is 0.279 e. The van der Waals surface area contributed by atoms with Crippen LogP contribution in [0.25, 0.3) is 11.1 Å². The number of rotatable bonds is 6. The molecule has 0 spiro atoms. The number of ether oxygens (including phenoxy) is 1. The average molecular weight is 394 g/mol. The fraction of sp³-hybridized carbons (Fsp3) is 0.182. The van der Waals surface area contributed by atoms with Gasteiger partial charge in [-0.3, -0.25) is 20.4 Å². The van der Waals surface area contributed by atoms with Gasteiger partial charge in [-0.05, 0) is 36.6 Å². The fourth-order valence-corrected chi connectivity index (χ4v) is 3.81. The maximum absolute atomic E-state index is 12.2. The van der Waals surface area contributed by atoms with E-state index in [2.05, 4.69) is 10.9 Å². The number of hydrazine groups is 1. The third kappa shape index (κ3) is 4.78. The molecule has 2 N–H and O–H groups in total. The summed E-state index contributed by atoms with van der Waals surface area (Å²) in [6.45, 7) is 3.82. The van der Waals surface area contributed by atoms with Crippen LogP contribution in [0.3, 0.4) is 0 Å². The Morgan fingerprint density at radius 2 is 1.71 bits per heavy atom. The molecule has 0 radical (unpaired) electrons. The second-order valence-corrected chi connectivity index (χ2v) is 7.36. The van der Waals surface area contributed by atoms with E-state index in [1.54, 1.807) is 0 Å². The monoisotopic (exact) mass is 394 g/mol. The number of carbonyl (C=O) groups is 2. The van der Waals surface area contributed by atoms with E-state index in [1.165, 1.54) is 11.3 Å². The number of thiophene rings is 1. The summed E-state index contributed by atoms with van der Waals surface area (Å²) >= 11 is 1.43. The molecule has 2 aromatic carbocycles. The lowest BCUT2D eigenvalue weighted by atomic mass is 10.1. The van der Waals surface area contributed by atoms with Crippen molar-refractivity contribution in [2.24, 2.45) is 0 Å². The highest BCUT2D eigenvalue weighted by Crippen LogP contribution is 2.29. The van der Waals surface area contributed by atoms with E-state index in [1.807, 2.05) is 74.5 Å². The van der Waals surface area contributed by atoms with Crippen LogP contribution in [0, 0.1) is 6.92 Å². The second-order valence-electron chi connectivity index (χ2n) is 6.22. The number of benzene rings is 2. The standard InChI is InChI=1S/C22H22N2O3S/c1-3-19-15(2)13-20(28-19)22(26)24-23-21(25)14-27-18-12-8-7-11-17(18)16-9-5-4-6-10-16/h4-13H,3,14H2,1-2H3,(H,23,25)(H,24,26). The predicted molar refractivity (Wildman–Crippen MR) is 111 cm³/mol. The average Bonchev–Trinajstić information content (AvgIpc) is 3.12. The first-order valence-electron chi connectivity index (χ1n) is 9.04. The summed E-state index contributed by atoms with van der Waals surface area (Å²) in [6.07, 6.45) is 0.880. The molecule has 6 heteroatoms. The first-order valence-corrected chi connectivity index (χ1v) is 9.86. The van der Waals surface area contributed by atoms with Gasteiger partial charge in [0.25, 0.3) is 11.8 Å². The second kappa shape index (κ2) is 9.19. The molecule has 0 aliphatic rings. The van der Waals surface area contributed by atoms with Crippen molar-refractivity contribution in [3.05, 3.63) is 76.0 Å². The Morgan fingerprint density at radius 1 is 1.00 bits per heavy atom. The number of hydrogen-bond donors (Lipinski definition) is 2. The van der Waals surface area contributed by atoms with Gasteiger partial charge in [0.1, 0.15) is 5.75 Å². The minimum Gasteiger partial charge on any atom is -0.483 e. The van der Waals surface area contributed by atoms with Crippen LogP contribution in [0.5, 0.6) is 5.75 Å². The molecule has 3 rings (SSSR count). The van der Waals surface area contributed by atoms with Crippen molar-refractivity contribution in [2.75, 3.05) is 6.61 Å². The first kappa shape index (κ1) is 19.6. The summed E-state index contributed by atoms with van der Waals surface area (Å²) in [4.78, 5) is 26.0. The summed E-state index contributed by atoms with van der Waals surface area (Å²) < 4.78 is 5.67. The van der Waals surface area contributed by atoms with Gasteiger partial charge < -0.3 is 4.74 Å². The molecule has 0 saturated heterocycles. The molecule has 3 aromatic rings. The van der Waals surface area contributed by atoms with Gasteiger partial charge in [0.2, 0.25) is 0 Å². The van der Waals surface area contributed by atoms with Gasteiger partial charge in [0.05, 0.1) is 4.88 Å². The molecule has 0 saturated carbocycles. The largest absolute Gasteiger partial charge is 0.483 e. The predicted octanol–water partition coefficient (Wildman–Crippen LogP) is 4.13. The Balaban J connectivity index is 1.56. The summed E-state index contributed by atoms with van der Waals surface area (Å²) in [5, 5.41) is 0. The Labute approximate surface area is 168 Å². The van der Waals surface area contributed by atoms with E-state index in [0.717, 1.165) is 28.0 Å². The number of hydrogen-bond acceptors (Lipinski definition) is 4. The van der Waals surface area contributed by atoms with E-state index in [4.69, 9.17) is 4.74 Å². The van der Waals surface area contributed by atoms with Crippen molar-refractivity contribution in [1.29, 1.82) is 0 Å². The third-order valence-corrected chi connectivity index (χ3v) is 5.59. The SMILES string of the molecule is CCc1sc(C(=O)NNC(=O)COc2ccccc2-c2ccccc2)cc1C. The lowest BCUT2D eigenvalue weighted by Crippen LogP contribution is -2.43. The molecule has 144 valence electrons. The van der Waals surface area contributed by atoms with Crippen LogP contribution in [0.2, 0.25) is 0 Å². The Kier molecular flexibility index (Phi) is 6.45. The molecule has 1 heterocycles. The van der Waals surface area contributed by atoms with E-state index >= 15 is 0 Å². The van der Waals surface area contributed by atoms with E-state index < -0.39 is 5.91 Å². The number of aryl methyl sites for hydroxylation is 2. The quantitative estimate of drug-likeness (QED) is 0.618. The molecule has 2 amide bonds. The lowest BCUT2D eigenvalue weighted by molar-refractivity contribution is -0.123. The van der Waals surface area contributed by atoms with Gasteiger partial charge >= 0.3 is 0 Å². The van der Waals surface area contributed by atoms with Crippen molar-refractivity contribution in [2.45, 2.75) is 20.3 Å². The number of amides is 2. The Bertz CT molecular complexity index is 967. The molecule has 0 atom stereocenters. The van der Waals surface area contributed by atoms with Gasteiger partial charge in [0.15, 0.2) is 6.61 Å². The summed E-state index contributed by atoms with van der Waals surface area (Å²) in [7, 11) is 0. The molecule has 0 aliphatic carbocycles. The van der Waals surface area contributed by atoms with Crippen LogP contribution in [-0.2, 0) is 11.2 Å². The topological polar surface area (TPSA) is 67.4 Å². The Morgan fingerprint density at radius 3 is 2.43 bits per heavy atom. The molecule has 28 heavy (non-hydrogen) atoms. The van der Waals surface area contributed by atoms with Crippen LogP contribution >= 0.6 is 11.3 Å². The molecular weight excluding hydrogens is 372 g/mol. The molecule has 5 nitrogen and oxygen atoms in total. The number of para-hydroxylation sites is 1. The number of nitrogens with one attached hydrogen (secondary N) is 2. The van der Waals surface area contributed by atoms with Gasteiger partial charge in [-0.1, -0.05) is 55.5 Å². The highest BCUT2D eigenvalue weighted by Gasteiger charge is 2.13. The van der Waals surface area contributed by atoms with Gasteiger partial charge in [-0.2, -0.15) is 0 Å². The van der Waals surface area contributed by atoms with Crippen molar-refractivity contribution in [1.82, 2.24) is 10.9 Å². The first-order chi connectivity index (χ1) is 13.6. The van der Waals surface area contributed by atoms with Crippen LogP contribution in [0.15, 0.2) is 60.7 Å². The minimum absolute atomic E-state index is 0.201. The highest BCUT2D eigenvalue weighted by atomic mass is 32.1. The highest BCUT2D eigenvalue weighted by molar-refractivity contribution is 7.14. The third-order valence-electron chi connectivity index (χ3n) is 4.21. The fourth-order valence-electron chi connectivity index (χ4n) is 2.80. The molecule has 0 fully saturated rings. The maximum atomic E-state index is 12.2. The van der Waals surface area contributed by atoms with Gasteiger partial charge in [0, 0.05) is 10.4 Å². The van der Waals surface area contributed by atoms with Gasteiger partial charge in [-0.15, -0.1) is 11.3 Å². The zero-order valence-electron chi connectivity index (χ0n) is 15.8. The minimum atomic E-state index is -0.430. The molecule has 0 bridgehead atoms. The summed E-state index contributed by atoms with van der Waals surface area (Å²) in [5.74, 6) is -0.150. The number of carbonyl (C=O) groups excluding carboxylic acids is 2. The van der Waals surface area contributed by atoms with Crippen LogP contribution < -0.4 is 15.6 Å². The normalized spacial score (nSPS) is 10.4.